The van der Waals surface area contributed by atoms with Gasteiger partial charge in [-0.1, -0.05) is 26.3 Å². The number of pyridine rings is 1. The number of hydrazone groups is 1. The van der Waals surface area contributed by atoms with Gasteiger partial charge in [0.15, 0.2) is 0 Å². The van der Waals surface area contributed by atoms with E-state index >= 15 is 0 Å². The zero-order chi connectivity index (χ0) is 15.7. The van der Waals surface area contributed by atoms with Crippen LogP contribution < -0.4 is 5.43 Å². The molecule has 116 valence electrons. The van der Waals surface area contributed by atoms with Gasteiger partial charge in [-0.3, -0.25) is 9.20 Å². The zero-order valence-corrected chi connectivity index (χ0v) is 13.3. The number of nitrogens with one attached hydrogen (secondary N) is 1. The van der Waals surface area contributed by atoms with Crippen molar-refractivity contribution < 1.29 is 4.79 Å². The van der Waals surface area contributed by atoms with Crippen molar-refractivity contribution in [3.8, 4) is 0 Å². The normalized spacial score (nSPS) is 21.9. The molecule has 1 aliphatic rings. The number of hydrogen-bond donors (Lipinski definition) is 1. The Hall–Kier alpha value is -2.17. The highest BCUT2D eigenvalue weighted by Crippen LogP contribution is 2.25. The van der Waals surface area contributed by atoms with Gasteiger partial charge in [0.1, 0.15) is 11.3 Å². The summed E-state index contributed by atoms with van der Waals surface area (Å²) < 4.78 is 1.80. The van der Waals surface area contributed by atoms with E-state index in [1.165, 1.54) is 6.42 Å². The van der Waals surface area contributed by atoms with Gasteiger partial charge in [-0.15, -0.1) is 0 Å². The Morgan fingerprint density at radius 2 is 2.05 bits per heavy atom. The maximum absolute atomic E-state index is 12.5. The number of aryl methyl sites for hydroxylation is 1. The van der Waals surface area contributed by atoms with Crippen LogP contribution in [0.4, 0.5) is 0 Å². The summed E-state index contributed by atoms with van der Waals surface area (Å²) in [5, 5.41) is 4.43. The van der Waals surface area contributed by atoms with Crippen LogP contribution in [-0.2, 0) is 0 Å². The average Bonchev–Trinajstić information content (AvgIpc) is 2.82. The largest absolute Gasteiger partial charge is 0.295 e. The van der Waals surface area contributed by atoms with Crippen LogP contribution in [0.25, 0.3) is 5.65 Å². The lowest BCUT2D eigenvalue weighted by Crippen LogP contribution is -2.29. The monoisotopic (exact) mass is 298 g/mol. The van der Waals surface area contributed by atoms with Crippen LogP contribution in [0.1, 0.15) is 49.3 Å². The Kier molecular flexibility index (Phi) is 3.96. The molecule has 1 saturated carbocycles. The molecule has 1 amide bonds. The van der Waals surface area contributed by atoms with Crippen molar-refractivity contribution in [1.29, 1.82) is 0 Å². The molecule has 0 spiro atoms. The Labute approximate surface area is 130 Å². The Bertz CT molecular complexity index is 719. The molecule has 1 aliphatic carbocycles. The highest BCUT2D eigenvalue weighted by atomic mass is 16.2. The molecule has 2 heterocycles. The van der Waals surface area contributed by atoms with E-state index in [4.69, 9.17) is 0 Å². The molecule has 1 N–H and O–H groups in total. The highest BCUT2D eigenvalue weighted by molar-refractivity contribution is 5.96. The first-order chi connectivity index (χ1) is 10.6. The van der Waals surface area contributed by atoms with Gasteiger partial charge in [-0.05, 0) is 43.7 Å². The molecular formula is C17H22N4O. The molecule has 0 saturated heterocycles. The fourth-order valence-electron chi connectivity index (χ4n) is 3.29. The maximum atomic E-state index is 12.5. The SMILES string of the molecule is Cc1nc2ccccn2c1C(=O)NN=C1[C@@H](C)CCC[C@@H]1C. The molecule has 0 radical (unpaired) electrons. The number of amides is 1. The van der Waals surface area contributed by atoms with Crippen LogP contribution in [0.15, 0.2) is 29.5 Å². The highest BCUT2D eigenvalue weighted by Gasteiger charge is 2.23. The quantitative estimate of drug-likeness (QED) is 0.866. The number of aromatic nitrogens is 2. The van der Waals surface area contributed by atoms with E-state index in [-0.39, 0.29) is 5.91 Å². The van der Waals surface area contributed by atoms with Crippen molar-refractivity contribution in [3.63, 3.8) is 0 Å². The maximum Gasteiger partial charge on any atom is 0.290 e. The molecule has 0 bridgehead atoms. The second-order valence-corrected chi connectivity index (χ2v) is 6.19. The number of hydrogen-bond acceptors (Lipinski definition) is 3. The van der Waals surface area contributed by atoms with Crippen molar-refractivity contribution in [1.82, 2.24) is 14.8 Å². The van der Waals surface area contributed by atoms with Gasteiger partial charge in [-0.25, -0.2) is 10.4 Å². The van der Waals surface area contributed by atoms with Crippen molar-refractivity contribution in [3.05, 3.63) is 35.8 Å². The summed E-state index contributed by atoms with van der Waals surface area (Å²) in [7, 11) is 0. The predicted octanol–water partition coefficient (Wildman–Crippen LogP) is 3.18. The number of imidazole rings is 1. The molecular weight excluding hydrogens is 276 g/mol. The van der Waals surface area contributed by atoms with Crippen molar-refractivity contribution in [2.24, 2.45) is 16.9 Å². The molecule has 0 aliphatic heterocycles. The molecule has 3 rings (SSSR count). The van der Waals surface area contributed by atoms with E-state index < -0.39 is 0 Å². The van der Waals surface area contributed by atoms with Gasteiger partial charge in [0.05, 0.1) is 5.69 Å². The molecule has 0 aromatic carbocycles. The first kappa shape index (κ1) is 14.8. The van der Waals surface area contributed by atoms with Gasteiger partial charge >= 0.3 is 0 Å². The molecule has 2 aromatic heterocycles. The molecule has 2 atom stereocenters. The Balaban J connectivity index is 1.86. The lowest BCUT2D eigenvalue weighted by molar-refractivity contribution is 0.0947. The summed E-state index contributed by atoms with van der Waals surface area (Å²) in [4.78, 5) is 16.9. The van der Waals surface area contributed by atoms with Gasteiger partial charge in [0.2, 0.25) is 0 Å². The van der Waals surface area contributed by atoms with E-state index in [0.29, 0.717) is 23.2 Å². The van der Waals surface area contributed by atoms with Gasteiger partial charge in [0.25, 0.3) is 5.91 Å². The van der Waals surface area contributed by atoms with Gasteiger partial charge in [0, 0.05) is 11.9 Å². The van der Waals surface area contributed by atoms with Gasteiger partial charge in [-0.2, -0.15) is 5.10 Å². The topological polar surface area (TPSA) is 58.8 Å². The van der Waals surface area contributed by atoms with Crippen LogP contribution in [0.2, 0.25) is 0 Å². The van der Waals surface area contributed by atoms with E-state index in [9.17, 15) is 4.79 Å². The summed E-state index contributed by atoms with van der Waals surface area (Å²) in [6, 6.07) is 5.69. The van der Waals surface area contributed by atoms with Crippen molar-refractivity contribution >= 4 is 17.3 Å². The van der Waals surface area contributed by atoms with Crippen LogP contribution in [0.3, 0.4) is 0 Å². The smallest absolute Gasteiger partial charge is 0.290 e. The molecule has 5 heteroatoms. The standard InChI is InChI=1S/C17H22N4O/c1-11-7-6-8-12(2)15(11)19-20-17(22)16-13(3)18-14-9-4-5-10-21(14)16/h4-5,9-12H,6-8H2,1-3H3,(H,20,22)/t11-,12-/m0/s1. The zero-order valence-electron chi connectivity index (χ0n) is 13.3. The number of carbonyl (C=O) groups excluding carboxylic acids is 1. The van der Waals surface area contributed by atoms with E-state index in [1.807, 2.05) is 31.3 Å². The number of rotatable bonds is 2. The third-order valence-electron chi connectivity index (χ3n) is 4.49. The summed E-state index contributed by atoms with van der Waals surface area (Å²) >= 11 is 0. The minimum atomic E-state index is -0.200. The lowest BCUT2D eigenvalue weighted by Gasteiger charge is -2.26. The summed E-state index contributed by atoms with van der Waals surface area (Å²) in [5.74, 6) is 0.674. The first-order valence-electron chi connectivity index (χ1n) is 7.89. The molecule has 22 heavy (non-hydrogen) atoms. The molecule has 2 aromatic rings. The van der Waals surface area contributed by atoms with Crippen LogP contribution in [-0.4, -0.2) is 21.0 Å². The van der Waals surface area contributed by atoms with Crippen LogP contribution >= 0.6 is 0 Å². The fourth-order valence-corrected chi connectivity index (χ4v) is 3.29. The van der Waals surface area contributed by atoms with E-state index in [1.54, 1.807) is 4.40 Å². The van der Waals surface area contributed by atoms with Crippen LogP contribution in [0, 0.1) is 18.8 Å². The third kappa shape index (κ3) is 2.63. The number of carbonyl (C=O) groups is 1. The summed E-state index contributed by atoms with van der Waals surface area (Å²) in [5.41, 5.74) is 5.88. The minimum absolute atomic E-state index is 0.200. The molecule has 0 unspecified atom stereocenters. The van der Waals surface area contributed by atoms with E-state index in [2.05, 4.69) is 29.4 Å². The third-order valence-corrected chi connectivity index (χ3v) is 4.49. The Morgan fingerprint density at radius 1 is 1.32 bits per heavy atom. The molecule has 1 fully saturated rings. The molecule has 5 nitrogen and oxygen atoms in total. The van der Waals surface area contributed by atoms with Crippen LogP contribution in [0.5, 0.6) is 0 Å². The fraction of sp³-hybridized carbons (Fsp3) is 0.471. The summed E-state index contributed by atoms with van der Waals surface area (Å²) in [6.45, 7) is 6.21. The lowest BCUT2D eigenvalue weighted by atomic mass is 9.81. The number of nitrogens with zero attached hydrogens (tertiary/aromatic N) is 3. The van der Waals surface area contributed by atoms with E-state index in [0.717, 1.165) is 24.2 Å². The van der Waals surface area contributed by atoms with Crippen molar-refractivity contribution in [2.75, 3.05) is 0 Å². The van der Waals surface area contributed by atoms with Crippen molar-refractivity contribution in [2.45, 2.75) is 40.0 Å². The van der Waals surface area contributed by atoms with Gasteiger partial charge < -0.3 is 0 Å². The first-order valence-corrected chi connectivity index (χ1v) is 7.89. The summed E-state index contributed by atoms with van der Waals surface area (Å²) in [6.07, 6.45) is 5.38. The minimum Gasteiger partial charge on any atom is -0.295 e. The average molecular weight is 298 g/mol. The second-order valence-electron chi connectivity index (χ2n) is 6.19. The number of fused-ring (bicyclic) bond motifs is 1. The second kappa shape index (κ2) is 5.91. The Morgan fingerprint density at radius 3 is 2.77 bits per heavy atom. The predicted molar refractivity (Wildman–Crippen MR) is 87.0 cm³/mol.